The van der Waals surface area contributed by atoms with Gasteiger partial charge in [-0.1, -0.05) is 6.92 Å². The average Bonchev–Trinajstić information content (AvgIpc) is 2.12. The number of hydrogen-bond donors (Lipinski definition) is 5. The fourth-order valence-corrected chi connectivity index (χ4v) is 4.63. The van der Waals surface area contributed by atoms with Crippen LogP contribution in [-0.2, 0) is 9.13 Å². The second-order valence-corrected chi connectivity index (χ2v) is 8.18. The van der Waals surface area contributed by atoms with Crippen LogP contribution in [0.4, 0.5) is 0 Å². The molecule has 0 aliphatic rings. The molecule has 9 heteroatoms. The monoisotopic (exact) mass is 261 g/mol. The van der Waals surface area contributed by atoms with E-state index >= 15 is 0 Å². The van der Waals surface area contributed by atoms with Crippen LogP contribution in [0, 0.1) is 0 Å². The SMILES string of the molecule is CCP(=O)(O)C(O)(CCCN)P(=O)(O)O. The van der Waals surface area contributed by atoms with Crippen LogP contribution in [0.3, 0.4) is 0 Å². The number of aliphatic hydroxyl groups is 1. The van der Waals surface area contributed by atoms with E-state index < -0.39 is 32.6 Å². The summed E-state index contributed by atoms with van der Waals surface area (Å²) in [4.78, 5) is 27.2. The smallest absolute Gasteiger partial charge is 0.366 e. The van der Waals surface area contributed by atoms with Crippen molar-refractivity contribution >= 4 is 15.0 Å². The number of rotatable bonds is 6. The number of hydrogen-bond acceptors (Lipinski definition) is 4. The van der Waals surface area contributed by atoms with E-state index in [4.69, 9.17) is 15.5 Å². The minimum Gasteiger partial charge on any atom is -0.369 e. The van der Waals surface area contributed by atoms with Crippen molar-refractivity contribution in [1.82, 2.24) is 0 Å². The van der Waals surface area contributed by atoms with Gasteiger partial charge in [-0.2, -0.15) is 0 Å². The van der Waals surface area contributed by atoms with E-state index in [2.05, 4.69) is 0 Å². The zero-order valence-electron chi connectivity index (χ0n) is 8.41. The molecule has 0 aromatic heterocycles. The molecule has 0 heterocycles. The van der Waals surface area contributed by atoms with Crippen molar-refractivity contribution in [2.24, 2.45) is 5.73 Å². The third-order valence-corrected chi connectivity index (χ3v) is 7.25. The maximum atomic E-state index is 11.5. The molecule has 0 aliphatic heterocycles. The molecule has 0 aromatic rings. The van der Waals surface area contributed by atoms with Crippen molar-refractivity contribution in [3.05, 3.63) is 0 Å². The first-order chi connectivity index (χ1) is 6.62. The molecule has 7 nitrogen and oxygen atoms in total. The van der Waals surface area contributed by atoms with E-state index in [0.29, 0.717) is 0 Å². The number of nitrogens with two attached hydrogens (primary N) is 1. The van der Waals surface area contributed by atoms with Gasteiger partial charge in [-0.15, -0.1) is 0 Å². The molecule has 0 aliphatic carbocycles. The lowest BCUT2D eigenvalue weighted by Crippen LogP contribution is -2.30. The Morgan fingerprint density at radius 3 is 2.00 bits per heavy atom. The predicted molar refractivity (Wildman–Crippen MR) is 55.6 cm³/mol. The summed E-state index contributed by atoms with van der Waals surface area (Å²) < 4.78 is 22.6. The zero-order valence-corrected chi connectivity index (χ0v) is 10.2. The molecule has 92 valence electrons. The van der Waals surface area contributed by atoms with Crippen molar-refractivity contribution < 1.29 is 28.9 Å². The Balaban J connectivity index is 5.22. The minimum absolute atomic E-state index is 0.0617. The van der Waals surface area contributed by atoms with Crippen LogP contribution in [0.1, 0.15) is 19.8 Å². The van der Waals surface area contributed by atoms with Gasteiger partial charge < -0.3 is 25.5 Å². The highest BCUT2D eigenvalue weighted by molar-refractivity contribution is 7.75. The molecule has 15 heavy (non-hydrogen) atoms. The Hall–Kier alpha value is 0.260. The standard InChI is InChI=1S/C6H17NO6P2/c1-2-14(9,10)6(8,4-3-5-7)15(11,12)13/h8H,2-5,7H2,1H3,(H,9,10)(H2,11,12,13). The van der Waals surface area contributed by atoms with E-state index in [1.165, 1.54) is 6.92 Å². The fraction of sp³-hybridized carbons (Fsp3) is 1.00. The summed E-state index contributed by atoms with van der Waals surface area (Å²) in [6, 6.07) is 0. The molecule has 0 spiro atoms. The van der Waals surface area contributed by atoms with Gasteiger partial charge in [0, 0.05) is 6.16 Å². The quantitative estimate of drug-likeness (QED) is 0.418. The zero-order chi connectivity index (χ0) is 12.3. The molecular weight excluding hydrogens is 244 g/mol. The van der Waals surface area contributed by atoms with Gasteiger partial charge in [0.05, 0.1) is 0 Å². The summed E-state index contributed by atoms with van der Waals surface area (Å²) in [6.45, 7) is 1.36. The molecule has 6 N–H and O–H groups in total. The van der Waals surface area contributed by atoms with Gasteiger partial charge in [0.25, 0.3) is 0 Å². The van der Waals surface area contributed by atoms with Crippen LogP contribution in [-0.4, -0.2) is 37.6 Å². The van der Waals surface area contributed by atoms with E-state index in [0.717, 1.165) is 0 Å². The maximum absolute atomic E-state index is 11.5. The molecule has 0 bridgehead atoms. The van der Waals surface area contributed by atoms with E-state index in [1.54, 1.807) is 0 Å². The van der Waals surface area contributed by atoms with Crippen LogP contribution in [0.5, 0.6) is 0 Å². The molecule has 0 rings (SSSR count). The van der Waals surface area contributed by atoms with Gasteiger partial charge in [0.1, 0.15) is 0 Å². The molecule has 0 radical (unpaired) electrons. The fourth-order valence-electron chi connectivity index (χ4n) is 1.12. The minimum atomic E-state index is -5.07. The lowest BCUT2D eigenvalue weighted by atomic mass is 10.3. The van der Waals surface area contributed by atoms with Crippen molar-refractivity contribution in [3.8, 4) is 0 Å². The third kappa shape index (κ3) is 3.11. The summed E-state index contributed by atoms with van der Waals surface area (Å²) in [7, 11) is -9.38. The normalized spacial score (nSPS) is 20.7. The van der Waals surface area contributed by atoms with Crippen LogP contribution < -0.4 is 5.73 Å². The van der Waals surface area contributed by atoms with Gasteiger partial charge in [-0.05, 0) is 19.4 Å². The first-order valence-corrected chi connectivity index (χ1v) is 7.88. The highest BCUT2D eigenvalue weighted by Crippen LogP contribution is 2.70. The lowest BCUT2D eigenvalue weighted by Gasteiger charge is -2.32. The van der Waals surface area contributed by atoms with Crippen LogP contribution in [0.25, 0.3) is 0 Å². The van der Waals surface area contributed by atoms with Crippen LogP contribution in [0.15, 0.2) is 0 Å². The largest absolute Gasteiger partial charge is 0.369 e. The summed E-state index contributed by atoms with van der Waals surface area (Å²) in [5, 5.41) is 6.81. The summed E-state index contributed by atoms with van der Waals surface area (Å²) in [5.41, 5.74) is 5.13. The highest BCUT2D eigenvalue weighted by Gasteiger charge is 2.57. The Morgan fingerprint density at radius 1 is 1.27 bits per heavy atom. The maximum Gasteiger partial charge on any atom is 0.366 e. The molecule has 0 saturated heterocycles. The summed E-state index contributed by atoms with van der Waals surface area (Å²) in [6.07, 6.45) is -0.833. The molecular formula is C6H17NO6P2. The van der Waals surface area contributed by atoms with Gasteiger partial charge in [-0.25, -0.2) is 0 Å². The van der Waals surface area contributed by atoms with Crippen molar-refractivity contribution in [1.29, 1.82) is 0 Å². The van der Waals surface area contributed by atoms with Gasteiger partial charge in [0.15, 0.2) is 0 Å². The van der Waals surface area contributed by atoms with E-state index in [1.807, 2.05) is 0 Å². The van der Waals surface area contributed by atoms with E-state index in [9.17, 15) is 19.1 Å². The molecule has 0 fully saturated rings. The summed E-state index contributed by atoms with van der Waals surface area (Å²) >= 11 is 0. The van der Waals surface area contributed by atoms with Crippen molar-refractivity contribution in [3.63, 3.8) is 0 Å². The van der Waals surface area contributed by atoms with Crippen LogP contribution in [0.2, 0.25) is 0 Å². The average molecular weight is 261 g/mol. The Labute approximate surface area is 87.9 Å². The Morgan fingerprint density at radius 2 is 1.73 bits per heavy atom. The highest BCUT2D eigenvalue weighted by atomic mass is 31.2. The van der Waals surface area contributed by atoms with Gasteiger partial charge >= 0.3 is 7.60 Å². The van der Waals surface area contributed by atoms with Gasteiger partial charge in [-0.3, -0.25) is 9.13 Å². The van der Waals surface area contributed by atoms with E-state index in [-0.39, 0.29) is 13.0 Å². The second-order valence-electron chi connectivity index (χ2n) is 3.23. The molecule has 0 aromatic carbocycles. The first kappa shape index (κ1) is 15.3. The molecule has 0 saturated carbocycles. The Bertz CT molecular complexity index is 302. The summed E-state index contributed by atoms with van der Waals surface area (Å²) in [5.74, 6) is 0. The molecule has 2 atom stereocenters. The first-order valence-electron chi connectivity index (χ1n) is 4.42. The van der Waals surface area contributed by atoms with Crippen LogP contribution >= 0.6 is 15.0 Å². The third-order valence-electron chi connectivity index (χ3n) is 2.17. The van der Waals surface area contributed by atoms with Crippen molar-refractivity contribution in [2.75, 3.05) is 12.7 Å². The second kappa shape index (κ2) is 5.06. The molecule has 0 amide bonds. The lowest BCUT2D eigenvalue weighted by molar-refractivity contribution is 0.139. The van der Waals surface area contributed by atoms with Gasteiger partial charge in [0.2, 0.25) is 12.5 Å². The van der Waals surface area contributed by atoms with Crippen molar-refractivity contribution in [2.45, 2.75) is 24.8 Å². The Kier molecular flexibility index (Phi) is 5.15. The predicted octanol–water partition coefficient (Wildman–Crippen LogP) is -0.161. The topological polar surface area (TPSA) is 141 Å². The molecule has 2 unspecified atom stereocenters.